The Balaban J connectivity index is 1.39. The molecule has 1 aromatic carbocycles. The first-order valence-corrected chi connectivity index (χ1v) is 14.6. The average Bonchev–Trinajstić information content (AvgIpc) is 3.36. The number of nitrogens with zero attached hydrogens (tertiary/aromatic N) is 3. The maximum atomic E-state index is 13.4. The van der Waals surface area contributed by atoms with Gasteiger partial charge in [-0.25, -0.2) is 18.7 Å². The Bertz CT molecular complexity index is 1090. The van der Waals surface area contributed by atoms with Crippen molar-refractivity contribution in [3.63, 3.8) is 0 Å². The molecule has 0 unspecified atom stereocenters. The lowest BCUT2D eigenvalue weighted by molar-refractivity contribution is -0.141. The summed E-state index contributed by atoms with van der Waals surface area (Å²) >= 11 is 18.6. The molecule has 37 heavy (non-hydrogen) atoms. The van der Waals surface area contributed by atoms with Gasteiger partial charge in [0.25, 0.3) is 5.91 Å². The minimum atomic E-state index is -3.89. The average molecular weight is 600 g/mol. The Morgan fingerprint density at radius 2 is 1.70 bits per heavy atom. The quantitative estimate of drug-likeness (QED) is 0.377. The van der Waals surface area contributed by atoms with Gasteiger partial charge in [-0.2, -0.15) is 4.31 Å². The second-order valence-corrected chi connectivity index (χ2v) is 12.7. The number of likely N-dealkylation sites (tertiary alicyclic amines) is 1. The van der Waals surface area contributed by atoms with Crippen LogP contribution >= 0.6 is 34.8 Å². The number of nitrogens with one attached hydrogen (secondary N) is 1. The van der Waals surface area contributed by atoms with E-state index in [4.69, 9.17) is 44.3 Å². The predicted octanol–water partition coefficient (Wildman–Crippen LogP) is 2.61. The molecule has 2 amide bonds. The van der Waals surface area contributed by atoms with Crippen molar-refractivity contribution in [1.82, 2.24) is 14.7 Å². The molecule has 3 fully saturated rings. The highest BCUT2D eigenvalue weighted by molar-refractivity contribution is 7.89. The van der Waals surface area contributed by atoms with E-state index in [2.05, 4.69) is 0 Å². The molecule has 0 aliphatic carbocycles. The maximum Gasteiger partial charge on any atom is 0.410 e. The van der Waals surface area contributed by atoms with Gasteiger partial charge in [-0.3, -0.25) is 10.0 Å². The zero-order chi connectivity index (χ0) is 26.8. The molecular weight excluding hydrogens is 571 g/mol. The van der Waals surface area contributed by atoms with Crippen LogP contribution in [0.25, 0.3) is 0 Å². The third kappa shape index (κ3) is 6.38. The van der Waals surface area contributed by atoms with Gasteiger partial charge < -0.3 is 19.3 Å². The molecule has 15 heteroatoms. The van der Waals surface area contributed by atoms with Crippen LogP contribution in [0, 0.1) is 5.41 Å². The minimum Gasteiger partial charge on any atom is -0.444 e. The SMILES string of the molecule is O=C(O[C@H]1CCOC1)N1CCC(CS(=O)(=O)N2CCN(c3c(Cl)cc(Cl)cc3Cl)CC2)(C(=O)NO)CC1. The van der Waals surface area contributed by atoms with Crippen LogP contribution in [0.2, 0.25) is 15.1 Å². The molecule has 3 heterocycles. The van der Waals surface area contributed by atoms with Crippen LogP contribution < -0.4 is 10.4 Å². The summed E-state index contributed by atoms with van der Waals surface area (Å²) < 4.78 is 38.8. The second-order valence-electron chi connectivity index (χ2n) is 9.44. The third-order valence-corrected chi connectivity index (χ3v) is 9.97. The molecule has 0 radical (unpaired) electrons. The number of piperazine rings is 1. The molecular formula is C22H29Cl3N4O7S. The van der Waals surface area contributed by atoms with Gasteiger partial charge in [-0.15, -0.1) is 0 Å². The van der Waals surface area contributed by atoms with Gasteiger partial charge in [-0.1, -0.05) is 34.8 Å². The Labute approximate surface area is 230 Å². The lowest BCUT2D eigenvalue weighted by atomic mass is 9.79. The summed E-state index contributed by atoms with van der Waals surface area (Å²) in [5.41, 5.74) is 0.827. The third-order valence-electron chi connectivity index (χ3n) is 7.11. The highest BCUT2D eigenvalue weighted by atomic mass is 35.5. The van der Waals surface area contributed by atoms with Crippen molar-refractivity contribution in [3.8, 4) is 0 Å². The molecule has 0 spiro atoms. The van der Waals surface area contributed by atoms with Crippen LogP contribution in [0.5, 0.6) is 0 Å². The van der Waals surface area contributed by atoms with Crippen molar-refractivity contribution in [2.24, 2.45) is 5.41 Å². The van der Waals surface area contributed by atoms with Crippen LogP contribution in [-0.4, -0.2) is 99.2 Å². The number of halogens is 3. The molecule has 4 rings (SSSR count). The number of benzene rings is 1. The lowest BCUT2D eigenvalue weighted by Gasteiger charge is -2.41. The summed E-state index contributed by atoms with van der Waals surface area (Å²) in [6, 6.07) is 3.16. The molecule has 0 aromatic heterocycles. The van der Waals surface area contributed by atoms with Gasteiger partial charge in [0.1, 0.15) is 6.10 Å². The number of sulfonamides is 1. The Kier molecular flexibility index (Phi) is 8.99. The van der Waals surface area contributed by atoms with Crippen LogP contribution in [0.3, 0.4) is 0 Å². The van der Waals surface area contributed by atoms with Crippen LogP contribution in [0.4, 0.5) is 10.5 Å². The molecule has 3 saturated heterocycles. The van der Waals surface area contributed by atoms with Crippen molar-refractivity contribution < 1.29 is 32.7 Å². The smallest absolute Gasteiger partial charge is 0.410 e. The fourth-order valence-electron chi connectivity index (χ4n) is 4.96. The van der Waals surface area contributed by atoms with Gasteiger partial charge >= 0.3 is 6.09 Å². The number of carbonyl (C=O) groups excluding carboxylic acids is 2. The summed E-state index contributed by atoms with van der Waals surface area (Å²) in [7, 11) is -3.89. The number of hydrogen-bond donors (Lipinski definition) is 2. The number of piperidine rings is 1. The van der Waals surface area contributed by atoms with Crippen molar-refractivity contribution in [2.75, 3.05) is 63.1 Å². The highest BCUT2D eigenvalue weighted by Gasteiger charge is 2.47. The van der Waals surface area contributed by atoms with Crippen LogP contribution in [0.1, 0.15) is 19.3 Å². The first-order valence-electron chi connectivity index (χ1n) is 11.9. The topological polar surface area (TPSA) is 129 Å². The number of rotatable bonds is 6. The zero-order valence-electron chi connectivity index (χ0n) is 20.0. The van der Waals surface area contributed by atoms with E-state index >= 15 is 0 Å². The molecule has 0 saturated carbocycles. The predicted molar refractivity (Wildman–Crippen MR) is 138 cm³/mol. The summed E-state index contributed by atoms with van der Waals surface area (Å²) in [5, 5.41) is 10.5. The normalized spacial score (nSPS) is 22.6. The zero-order valence-corrected chi connectivity index (χ0v) is 23.1. The first-order chi connectivity index (χ1) is 17.5. The van der Waals surface area contributed by atoms with Crippen molar-refractivity contribution in [2.45, 2.75) is 25.4 Å². The van der Waals surface area contributed by atoms with E-state index in [0.717, 1.165) is 0 Å². The standard InChI is InChI=1S/C22H29Cl3N4O7S/c23-15-11-17(24)19(18(25)12-15)27-6-8-29(9-7-27)37(33,34)14-22(20(30)26-32)2-4-28(5-3-22)21(31)36-16-1-10-35-13-16/h11-12,16,32H,1-10,13-14H2,(H,26,30)/t16-/m0/s1. The van der Waals surface area contributed by atoms with E-state index < -0.39 is 33.2 Å². The second kappa shape index (κ2) is 11.7. The number of ether oxygens (including phenoxy) is 2. The summed E-state index contributed by atoms with van der Waals surface area (Å²) in [5.74, 6) is -1.28. The van der Waals surface area contributed by atoms with Crippen molar-refractivity contribution >= 4 is 62.5 Å². The van der Waals surface area contributed by atoms with Gasteiger partial charge in [0.05, 0.1) is 40.1 Å². The summed E-state index contributed by atoms with van der Waals surface area (Å²) in [6.45, 7) is 2.12. The monoisotopic (exact) mass is 598 g/mol. The summed E-state index contributed by atoms with van der Waals surface area (Å²) in [6.07, 6.45) is -0.0859. The Morgan fingerprint density at radius 3 is 2.24 bits per heavy atom. The largest absolute Gasteiger partial charge is 0.444 e. The Hall–Kier alpha value is -1.54. The Morgan fingerprint density at radius 1 is 1.08 bits per heavy atom. The highest BCUT2D eigenvalue weighted by Crippen LogP contribution is 2.38. The number of hydroxylamine groups is 1. The number of anilines is 1. The van der Waals surface area contributed by atoms with Crippen molar-refractivity contribution in [1.29, 1.82) is 0 Å². The fourth-order valence-corrected chi connectivity index (χ4v) is 8.04. The lowest BCUT2D eigenvalue weighted by Crippen LogP contribution is -2.56. The van der Waals surface area contributed by atoms with E-state index in [1.807, 2.05) is 4.90 Å². The molecule has 1 atom stereocenters. The first kappa shape index (κ1) is 28.5. The van der Waals surface area contributed by atoms with E-state index in [1.54, 1.807) is 17.6 Å². The molecule has 3 aliphatic heterocycles. The van der Waals surface area contributed by atoms with E-state index in [-0.39, 0.29) is 45.1 Å². The molecule has 0 bridgehead atoms. The van der Waals surface area contributed by atoms with Gasteiger partial charge in [0.2, 0.25) is 10.0 Å². The molecule has 3 aliphatic rings. The van der Waals surface area contributed by atoms with Crippen molar-refractivity contribution in [3.05, 3.63) is 27.2 Å². The van der Waals surface area contributed by atoms with E-state index in [9.17, 15) is 23.2 Å². The molecule has 206 valence electrons. The molecule has 11 nitrogen and oxygen atoms in total. The van der Waals surface area contributed by atoms with Crippen LogP contribution in [-0.2, 0) is 24.3 Å². The number of amides is 2. The minimum absolute atomic E-state index is 0.0604. The van der Waals surface area contributed by atoms with Gasteiger partial charge in [0.15, 0.2) is 0 Å². The van der Waals surface area contributed by atoms with Gasteiger partial charge in [-0.05, 0) is 25.0 Å². The fraction of sp³-hybridized carbons (Fsp3) is 0.636. The van der Waals surface area contributed by atoms with E-state index in [1.165, 1.54) is 9.21 Å². The van der Waals surface area contributed by atoms with Crippen LogP contribution in [0.15, 0.2) is 12.1 Å². The number of carbonyl (C=O) groups is 2. The van der Waals surface area contributed by atoms with E-state index in [0.29, 0.717) is 53.5 Å². The molecule has 1 aromatic rings. The summed E-state index contributed by atoms with van der Waals surface area (Å²) in [4.78, 5) is 28.5. The van der Waals surface area contributed by atoms with Gasteiger partial charge in [0, 0.05) is 50.7 Å². The maximum absolute atomic E-state index is 13.4. The number of hydrogen-bond acceptors (Lipinski definition) is 8. The molecule has 2 N–H and O–H groups in total.